The summed E-state index contributed by atoms with van der Waals surface area (Å²) in [7, 11) is 0. The number of nitrogens with one attached hydrogen (secondary N) is 1. The van der Waals surface area contributed by atoms with Crippen LogP contribution in [0.1, 0.15) is 47.9 Å². The summed E-state index contributed by atoms with van der Waals surface area (Å²) in [6.07, 6.45) is 5.43. The fourth-order valence-electron chi connectivity index (χ4n) is 5.04. The van der Waals surface area contributed by atoms with Crippen molar-refractivity contribution in [2.45, 2.75) is 51.5 Å². The van der Waals surface area contributed by atoms with Crippen LogP contribution in [0.4, 0.5) is 5.69 Å². The fraction of sp³-hybridized carbons (Fsp3) is 0.435. The second-order valence-electron chi connectivity index (χ2n) is 7.87. The predicted octanol–water partition coefficient (Wildman–Crippen LogP) is 4.57. The van der Waals surface area contributed by atoms with Crippen LogP contribution in [0, 0.1) is 13.8 Å². The molecule has 0 spiro atoms. The summed E-state index contributed by atoms with van der Waals surface area (Å²) in [5.74, 6) is 0.0776. The average Bonchev–Trinajstić information content (AvgIpc) is 3.19. The Hall–Kier alpha value is -2.13. The second-order valence-corrected chi connectivity index (χ2v) is 7.87. The third kappa shape index (κ3) is 2.95. The van der Waals surface area contributed by atoms with Crippen LogP contribution in [0.15, 0.2) is 42.5 Å². The monoisotopic (exact) mass is 348 g/mol. The van der Waals surface area contributed by atoms with Crippen molar-refractivity contribution in [3.8, 4) is 0 Å². The minimum atomic E-state index is 0.0776. The van der Waals surface area contributed by atoms with Crippen LogP contribution in [0.2, 0.25) is 0 Å². The molecule has 26 heavy (non-hydrogen) atoms. The summed E-state index contributed by atoms with van der Waals surface area (Å²) < 4.78 is 0. The van der Waals surface area contributed by atoms with Gasteiger partial charge in [-0.1, -0.05) is 42.5 Å². The third-order valence-electron chi connectivity index (χ3n) is 6.26. The van der Waals surface area contributed by atoms with Crippen LogP contribution in [0.5, 0.6) is 0 Å². The highest BCUT2D eigenvalue weighted by molar-refractivity contribution is 5.94. The zero-order valence-electron chi connectivity index (χ0n) is 15.8. The van der Waals surface area contributed by atoms with Gasteiger partial charge < -0.3 is 5.32 Å². The largest absolute Gasteiger partial charge is 0.325 e. The molecule has 0 radical (unpaired) electrons. The van der Waals surface area contributed by atoms with Gasteiger partial charge >= 0.3 is 0 Å². The van der Waals surface area contributed by atoms with E-state index in [0.29, 0.717) is 6.42 Å². The number of rotatable bonds is 4. The van der Waals surface area contributed by atoms with Gasteiger partial charge in [0.1, 0.15) is 0 Å². The first-order valence-electron chi connectivity index (χ1n) is 9.80. The van der Waals surface area contributed by atoms with Crippen molar-refractivity contribution < 1.29 is 4.79 Å². The number of amides is 1. The minimum absolute atomic E-state index is 0.0776. The molecule has 0 atom stereocenters. The van der Waals surface area contributed by atoms with E-state index in [1.807, 2.05) is 32.0 Å². The van der Waals surface area contributed by atoms with Gasteiger partial charge in [0.2, 0.25) is 5.91 Å². The highest BCUT2D eigenvalue weighted by Gasteiger charge is 2.46. The third-order valence-corrected chi connectivity index (χ3v) is 6.26. The Balaban J connectivity index is 1.59. The Bertz CT molecular complexity index is 796. The van der Waals surface area contributed by atoms with E-state index in [-0.39, 0.29) is 11.4 Å². The van der Waals surface area contributed by atoms with E-state index in [2.05, 4.69) is 34.5 Å². The number of fused-ring (bicyclic) bond motifs is 1. The van der Waals surface area contributed by atoms with Gasteiger partial charge in [0, 0.05) is 11.2 Å². The van der Waals surface area contributed by atoms with E-state index >= 15 is 0 Å². The molecule has 1 amide bonds. The molecule has 2 aliphatic rings. The molecule has 0 saturated carbocycles. The van der Waals surface area contributed by atoms with Crippen LogP contribution in [0.3, 0.4) is 0 Å². The number of hydrogen-bond donors (Lipinski definition) is 1. The van der Waals surface area contributed by atoms with E-state index in [9.17, 15) is 4.79 Å². The van der Waals surface area contributed by atoms with E-state index in [1.165, 1.54) is 49.9 Å². The number of carbonyl (C=O) groups is 1. The Kier molecular flexibility index (Phi) is 4.58. The molecule has 0 bridgehead atoms. The smallest absolute Gasteiger partial charge is 0.228 e. The molecule has 2 saturated heterocycles. The molecule has 2 fully saturated rings. The zero-order valence-corrected chi connectivity index (χ0v) is 15.8. The molecule has 1 N–H and O–H groups in total. The summed E-state index contributed by atoms with van der Waals surface area (Å²) in [5, 5.41) is 3.15. The van der Waals surface area contributed by atoms with E-state index in [0.717, 1.165) is 16.8 Å². The predicted molar refractivity (Wildman–Crippen MR) is 106 cm³/mol. The number of carbonyl (C=O) groups excluding carboxylic acids is 1. The van der Waals surface area contributed by atoms with Gasteiger partial charge in [-0.15, -0.1) is 0 Å². The lowest BCUT2D eigenvalue weighted by Gasteiger charge is -2.34. The first-order chi connectivity index (χ1) is 12.6. The van der Waals surface area contributed by atoms with Crippen LogP contribution < -0.4 is 5.32 Å². The standard InChI is InChI=1S/C23H28N2O/c1-17-8-5-9-18(2)22(17)24-21(26)16-19-10-3-4-11-20(19)23-12-6-14-25(23)15-7-13-23/h3-5,8-11H,6-7,12-16H2,1-2H3,(H,24,26). The quantitative estimate of drug-likeness (QED) is 0.878. The van der Waals surface area contributed by atoms with Crippen molar-refractivity contribution in [2.75, 3.05) is 18.4 Å². The van der Waals surface area contributed by atoms with Crippen molar-refractivity contribution in [1.29, 1.82) is 0 Å². The van der Waals surface area contributed by atoms with Crippen LogP contribution >= 0.6 is 0 Å². The Labute approximate surface area is 156 Å². The topological polar surface area (TPSA) is 32.3 Å². The molecule has 0 unspecified atom stereocenters. The normalized spacial score (nSPS) is 18.7. The molecule has 2 aromatic carbocycles. The summed E-state index contributed by atoms with van der Waals surface area (Å²) in [6, 6.07) is 14.7. The van der Waals surface area contributed by atoms with Gasteiger partial charge in [-0.05, 0) is 74.9 Å². The van der Waals surface area contributed by atoms with E-state index in [1.54, 1.807) is 0 Å². The summed E-state index contributed by atoms with van der Waals surface area (Å²) in [5.41, 5.74) is 5.93. The molecular formula is C23H28N2O. The maximum atomic E-state index is 12.8. The summed E-state index contributed by atoms with van der Waals surface area (Å²) in [6.45, 7) is 6.49. The Morgan fingerprint density at radius 2 is 1.65 bits per heavy atom. The zero-order chi connectivity index (χ0) is 18.1. The van der Waals surface area contributed by atoms with Crippen molar-refractivity contribution in [1.82, 2.24) is 4.90 Å². The first-order valence-corrected chi connectivity index (χ1v) is 9.80. The number of hydrogen-bond acceptors (Lipinski definition) is 2. The van der Waals surface area contributed by atoms with Crippen molar-refractivity contribution in [3.63, 3.8) is 0 Å². The van der Waals surface area contributed by atoms with Gasteiger partial charge in [-0.2, -0.15) is 0 Å². The number of aryl methyl sites for hydroxylation is 2. The van der Waals surface area contributed by atoms with E-state index in [4.69, 9.17) is 0 Å². The lowest BCUT2D eigenvalue weighted by atomic mass is 9.82. The van der Waals surface area contributed by atoms with Crippen LogP contribution in [-0.4, -0.2) is 23.9 Å². The SMILES string of the molecule is Cc1cccc(C)c1NC(=O)Cc1ccccc1C12CCCN1CCC2. The van der Waals surface area contributed by atoms with Crippen molar-refractivity contribution in [3.05, 3.63) is 64.7 Å². The maximum Gasteiger partial charge on any atom is 0.228 e. The first kappa shape index (κ1) is 17.3. The average molecular weight is 348 g/mol. The van der Waals surface area contributed by atoms with Crippen molar-refractivity contribution >= 4 is 11.6 Å². The molecular weight excluding hydrogens is 320 g/mol. The van der Waals surface area contributed by atoms with Gasteiger partial charge in [0.05, 0.1) is 6.42 Å². The number of anilines is 1. The highest BCUT2D eigenvalue weighted by Crippen LogP contribution is 2.47. The number of para-hydroxylation sites is 1. The van der Waals surface area contributed by atoms with Crippen molar-refractivity contribution in [2.24, 2.45) is 0 Å². The van der Waals surface area contributed by atoms with E-state index < -0.39 is 0 Å². The lowest BCUT2D eigenvalue weighted by molar-refractivity contribution is -0.115. The summed E-state index contributed by atoms with van der Waals surface area (Å²) >= 11 is 0. The molecule has 2 aliphatic heterocycles. The Morgan fingerprint density at radius 3 is 2.35 bits per heavy atom. The molecule has 3 heteroatoms. The lowest BCUT2D eigenvalue weighted by Crippen LogP contribution is -2.36. The van der Waals surface area contributed by atoms with Crippen LogP contribution in [0.25, 0.3) is 0 Å². The molecule has 136 valence electrons. The minimum Gasteiger partial charge on any atom is -0.325 e. The molecule has 0 aromatic heterocycles. The van der Waals surface area contributed by atoms with Crippen LogP contribution in [-0.2, 0) is 16.8 Å². The molecule has 4 rings (SSSR count). The highest BCUT2D eigenvalue weighted by atomic mass is 16.1. The van der Waals surface area contributed by atoms with Gasteiger partial charge in [-0.25, -0.2) is 0 Å². The fourth-order valence-corrected chi connectivity index (χ4v) is 5.04. The second kappa shape index (κ2) is 6.88. The van der Waals surface area contributed by atoms with Gasteiger partial charge in [-0.3, -0.25) is 9.69 Å². The molecule has 2 aromatic rings. The van der Waals surface area contributed by atoms with Gasteiger partial charge in [0.25, 0.3) is 0 Å². The van der Waals surface area contributed by atoms with Gasteiger partial charge in [0.15, 0.2) is 0 Å². The maximum absolute atomic E-state index is 12.8. The Morgan fingerprint density at radius 1 is 1.00 bits per heavy atom. The number of benzene rings is 2. The summed E-state index contributed by atoms with van der Waals surface area (Å²) in [4.78, 5) is 15.5. The number of nitrogens with zero attached hydrogens (tertiary/aromatic N) is 1. The molecule has 2 heterocycles. The molecule has 0 aliphatic carbocycles. The molecule has 3 nitrogen and oxygen atoms in total.